The topological polar surface area (TPSA) is 84.5 Å². The summed E-state index contributed by atoms with van der Waals surface area (Å²) in [6, 6.07) is 4.87. The fourth-order valence-electron chi connectivity index (χ4n) is 1.80. The van der Waals surface area contributed by atoms with E-state index in [2.05, 4.69) is 10.6 Å². The van der Waals surface area contributed by atoms with Gasteiger partial charge in [-0.3, -0.25) is 9.59 Å². The Labute approximate surface area is 146 Å². The lowest BCUT2D eigenvalue weighted by molar-refractivity contribution is -0.140. The Morgan fingerprint density at radius 1 is 1.25 bits per heavy atom. The standard InChI is InChI=1S/C17H21ClN2O4/c1-4-9-24-17(23)13(11(3)21)10-20-14-8-6-7-12(15(14)18)16(22)19-5-2/h6-8,10,20H,4-5,9H2,1-3H3,(H,19,22). The van der Waals surface area contributed by atoms with E-state index in [0.29, 0.717) is 24.2 Å². The number of hydrogen-bond donors (Lipinski definition) is 2. The Morgan fingerprint density at radius 2 is 1.96 bits per heavy atom. The molecule has 0 saturated heterocycles. The zero-order valence-electron chi connectivity index (χ0n) is 13.9. The monoisotopic (exact) mass is 352 g/mol. The van der Waals surface area contributed by atoms with Crippen LogP contribution in [0.25, 0.3) is 0 Å². The molecule has 0 aliphatic rings. The molecule has 0 spiro atoms. The third-order valence-electron chi connectivity index (χ3n) is 2.99. The molecule has 0 saturated carbocycles. The van der Waals surface area contributed by atoms with Crippen LogP contribution in [-0.4, -0.2) is 30.8 Å². The van der Waals surface area contributed by atoms with Gasteiger partial charge in [0.2, 0.25) is 0 Å². The van der Waals surface area contributed by atoms with Gasteiger partial charge in [-0.2, -0.15) is 0 Å². The van der Waals surface area contributed by atoms with Gasteiger partial charge in [0.25, 0.3) is 5.91 Å². The molecule has 6 nitrogen and oxygen atoms in total. The largest absolute Gasteiger partial charge is 0.462 e. The molecule has 2 N–H and O–H groups in total. The first-order valence-electron chi connectivity index (χ1n) is 7.63. The predicted molar refractivity (Wildman–Crippen MR) is 93.1 cm³/mol. The van der Waals surface area contributed by atoms with Crippen molar-refractivity contribution in [3.8, 4) is 0 Å². The fourth-order valence-corrected chi connectivity index (χ4v) is 2.07. The van der Waals surface area contributed by atoms with Gasteiger partial charge in [0.05, 0.1) is 22.9 Å². The van der Waals surface area contributed by atoms with Gasteiger partial charge in [-0.15, -0.1) is 0 Å². The van der Waals surface area contributed by atoms with Gasteiger partial charge in [-0.25, -0.2) is 4.79 Å². The number of amides is 1. The lowest BCUT2D eigenvalue weighted by Crippen LogP contribution is -2.23. The summed E-state index contributed by atoms with van der Waals surface area (Å²) in [5.41, 5.74) is 0.584. The smallest absolute Gasteiger partial charge is 0.343 e. The van der Waals surface area contributed by atoms with E-state index in [1.807, 2.05) is 6.92 Å². The second-order valence-corrected chi connectivity index (χ2v) is 5.30. The van der Waals surface area contributed by atoms with Crippen LogP contribution in [0.5, 0.6) is 0 Å². The molecule has 0 aliphatic carbocycles. The van der Waals surface area contributed by atoms with E-state index in [1.165, 1.54) is 13.1 Å². The lowest BCUT2D eigenvalue weighted by Gasteiger charge is -2.10. The second-order valence-electron chi connectivity index (χ2n) is 4.92. The number of halogens is 1. The van der Waals surface area contributed by atoms with Crippen LogP contribution in [0.15, 0.2) is 30.0 Å². The highest BCUT2D eigenvalue weighted by Crippen LogP contribution is 2.26. The molecule has 7 heteroatoms. The third-order valence-corrected chi connectivity index (χ3v) is 3.40. The van der Waals surface area contributed by atoms with Crippen LogP contribution in [0.2, 0.25) is 5.02 Å². The van der Waals surface area contributed by atoms with Crippen molar-refractivity contribution in [1.82, 2.24) is 5.32 Å². The van der Waals surface area contributed by atoms with Crippen LogP contribution in [-0.2, 0) is 14.3 Å². The number of hydrogen-bond acceptors (Lipinski definition) is 5. The quantitative estimate of drug-likeness (QED) is 0.325. The predicted octanol–water partition coefficient (Wildman–Crippen LogP) is 2.93. The minimum absolute atomic E-state index is 0.122. The molecule has 130 valence electrons. The normalized spacial score (nSPS) is 10.9. The summed E-state index contributed by atoms with van der Waals surface area (Å²) in [5.74, 6) is -1.43. The highest BCUT2D eigenvalue weighted by atomic mass is 35.5. The van der Waals surface area contributed by atoms with E-state index in [0.717, 1.165) is 0 Å². The van der Waals surface area contributed by atoms with Crippen molar-refractivity contribution in [2.75, 3.05) is 18.5 Å². The van der Waals surface area contributed by atoms with Crippen LogP contribution in [0.3, 0.4) is 0 Å². The van der Waals surface area contributed by atoms with Crippen molar-refractivity contribution in [3.63, 3.8) is 0 Å². The van der Waals surface area contributed by atoms with E-state index < -0.39 is 11.8 Å². The molecule has 0 bridgehead atoms. The maximum Gasteiger partial charge on any atom is 0.343 e. The number of carbonyl (C=O) groups is 3. The highest BCUT2D eigenvalue weighted by Gasteiger charge is 2.17. The average molecular weight is 353 g/mol. The molecule has 1 rings (SSSR count). The number of esters is 1. The van der Waals surface area contributed by atoms with Crippen LogP contribution in [0.1, 0.15) is 37.6 Å². The molecule has 1 aromatic rings. The van der Waals surface area contributed by atoms with Crippen LogP contribution < -0.4 is 10.6 Å². The second kappa shape index (κ2) is 9.72. The molecule has 0 radical (unpaired) electrons. The van der Waals surface area contributed by atoms with E-state index in [4.69, 9.17) is 16.3 Å². The first kappa shape index (κ1) is 19.7. The molecule has 0 atom stereocenters. The van der Waals surface area contributed by atoms with Crippen molar-refractivity contribution < 1.29 is 19.1 Å². The molecular weight excluding hydrogens is 332 g/mol. The van der Waals surface area contributed by atoms with Gasteiger partial charge < -0.3 is 15.4 Å². The van der Waals surface area contributed by atoms with Gasteiger partial charge in [0.15, 0.2) is 5.78 Å². The Morgan fingerprint density at radius 3 is 2.54 bits per heavy atom. The number of Topliss-reactive ketones (excluding diaryl/α,β-unsaturated/α-hetero) is 1. The van der Waals surface area contributed by atoms with Gasteiger partial charge >= 0.3 is 5.97 Å². The zero-order chi connectivity index (χ0) is 18.1. The molecule has 0 aliphatic heterocycles. The molecule has 1 amide bonds. The van der Waals surface area contributed by atoms with Crippen LogP contribution >= 0.6 is 11.6 Å². The van der Waals surface area contributed by atoms with E-state index in [-0.39, 0.29) is 23.1 Å². The molecule has 0 aromatic heterocycles. The van der Waals surface area contributed by atoms with Gasteiger partial charge in [-0.1, -0.05) is 24.6 Å². The minimum atomic E-state index is -0.701. The van der Waals surface area contributed by atoms with Crippen molar-refractivity contribution in [2.45, 2.75) is 27.2 Å². The van der Waals surface area contributed by atoms with Gasteiger partial charge in [0, 0.05) is 12.7 Å². The van der Waals surface area contributed by atoms with Crippen molar-refractivity contribution in [1.29, 1.82) is 0 Å². The number of ketones is 1. The van der Waals surface area contributed by atoms with E-state index >= 15 is 0 Å². The Kier molecular flexibility index (Phi) is 7.98. The number of nitrogens with one attached hydrogen (secondary N) is 2. The van der Waals surface area contributed by atoms with Crippen molar-refractivity contribution >= 4 is 34.9 Å². The molecule has 1 aromatic carbocycles. The number of anilines is 1. The molecule has 0 heterocycles. The SMILES string of the molecule is CCCOC(=O)C(=CNc1cccc(C(=O)NCC)c1Cl)C(C)=O. The highest BCUT2D eigenvalue weighted by molar-refractivity contribution is 6.36. The number of rotatable bonds is 8. The number of ether oxygens (including phenoxy) is 1. The number of carbonyl (C=O) groups excluding carboxylic acids is 3. The first-order chi connectivity index (χ1) is 11.4. The summed E-state index contributed by atoms with van der Waals surface area (Å²) in [4.78, 5) is 35.4. The fraction of sp³-hybridized carbons (Fsp3) is 0.353. The van der Waals surface area contributed by atoms with Crippen LogP contribution in [0, 0.1) is 0 Å². The summed E-state index contributed by atoms with van der Waals surface area (Å²) in [6.07, 6.45) is 1.90. The average Bonchev–Trinajstić information content (AvgIpc) is 2.54. The first-order valence-corrected chi connectivity index (χ1v) is 8.01. The minimum Gasteiger partial charge on any atom is -0.462 e. The summed E-state index contributed by atoms with van der Waals surface area (Å²) in [5, 5.41) is 5.65. The molecule has 0 fully saturated rings. The summed E-state index contributed by atoms with van der Waals surface area (Å²) < 4.78 is 4.96. The Hall–Kier alpha value is -2.34. The van der Waals surface area contributed by atoms with Gasteiger partial charge in [0.1, 0.15) is 5.57 Å². The maximum absolute atomic E-state index is 11.9. The van der Waals surface area contributed by atoms with Crippen molar-refractivity contribution in [3.05, 3.63) is 40.6 Å². The molecule has 0 unspecified atom stereocenters. The molecular formula is C17H21ClN2O4. The lowest BCUT2D eigenvalue weighted by atomic mass is 10.1. The van der Waals surface area contributed by atoms with E-state index in [9.17, 15) is 14.4 Å². The summed E-state index contributed by atoms with van der Waals surface area (Å²) in [6.45, 7) is 5.64. The van der Waals surface area contributed by atoms with Crippen LogP contribution in [0.4, 0.5) is 5.69 Å². The van der Waals surface area contributed by atoms with E-state index in [1.54, 1.807) is 25.1 Å². The Bertz CT molecular complexity index is 656. The third kappa shape index (κ3) is 5.38. The summed E-state index contributed by atoms with van der Waals surface area (Å²) >= 11 is 6.21. The summed E-state index contributed by atoms with van der Waals surface area (Å²) in [7, 11) is 0. The van der Waals surface area contributed by atoms with Crippen molar-refractivity contribution in [2.24, 2.45) is 0 Å². The number of benzene rings is 1. The zero-order valence-corrected chi connectivity index (χ0v) is 14.7. The maximum atomic E-state index is 11.9. The molecule has 24 heavy (non-hydrogen) atoms. The van der Waals surface area contributed by atoms with Gasteiger partial charge in [-0.05, 0) is 32.4 Å². The Balaban J connectivity index is 3.02.